The average molecular weight is 265 g/mol. The predicted octanol–water partition coefficient (Wildman–Crippen LogP) is 1.61. The number of nitrogens with zero attached hydrogens (tertiary/aromatic N) is 2. The van der Waals surface area contributed by atoms with Crippen molar-refractivity contribution in [3.8, 4) is 0 Å². The van der Waals surface area contributed by atoms with Crippen LogP contribution in [0.25, 0.3) is 0 Å². The van der Waals surface area contributed by atoms with Crippen molar-refractivity contribution < 1.29 is 14.5 Å². The minimum Gasteiger partial charge on any atom is -0.358 e. The molecule has 7 heteroatoms. The van der Waals surface area contributed by atoms with Gasteiger partial charge in [-0.25, -0.2) is 0 Å². The highest BCUT2D eigenvalue weighted by molar-refractivity contribution is 6.05. The van der Waals surface area contributed by atoms with Crippen molar-refractivity contribution >= 4 is 17.6 Å². The fourth-order valence-electron chi connectivity index (χ4n) is 1.56. The third-order valence-corrected chi connectivity index (χ3v) is 2.52. The highest BCUT2D eigenvalue weighted by Gasteiger charge is 2.18. The fraction of sp³-hybridized carbons (Fsp3) is 0.417. The number of pyridine rings is 1. The second kappa shape index (κ2) is 6.58. The maximum absolute atomic E-state index is 11.8. The Kier molecular flexibility index (Phi) is 5.11. The molecule has 1 aromatic rings. The molecule has 0 saturated carbocycles. The molecule has 0 atom stereocenters. The van der Waals surface area contributed by atoms with E-state index in [1.807, 2.05) is 6.92 Å². The first kappa shape index (κ1) is 14.7. The zero-order chi connectivity index (χ0) is 14.4. The van der Waals surface area contributed by atoms with Crippen LogP contribution in [0.15, 0.2) is 12.3 Å². The summed E-state index contributed by atoms with van der Waals surface area (Å²) in [5, 5.41) is 12.8. The molecule has 0 aliphatic rings. The lowest BCUT2D eigenvalue weighted by atomic mass is 10.1. The Bertz CT molecular complexity index is 514. The number of nitro groups is 1. The molecule has 0 unspecified atom stereocenters. The Morgan fingerprint density at radius 2 is 2.11 bits per heavy atom. The monoisotopic (exact) mass is 265 g/mol. The van der Waals surface area contributed by atoms with Gasteiger partial charge in [-0.05, 0) is 28.3 Å². The lowest BCUT2D eigenvalue weighted by Gasteiger charge is -2.06. The summed E-state index contributed by atoms with van der Waals surface area (Å²) in [6.07, 6.45) is 2.46. The topological polar surface area (TPSA) is 102 Å². The second-order valence-corrected chi connectivity index (χ2v) is 3.94. The van der Waals surface area contributed by atoms with Gasteiger partial charge in [0.1, 0.15) is 0 Å². The minimum absolute atomic E-state index is 0.192. The van der Waals surface area contributed by atoms with Gasteiger partial charge in [-0.1, -0.05) is 13.8 Å². The number of nitrogens with one attached hydrogen (secondary N) is 1. The van der Waals surface area contributed by atoms with Gasteiger partial charge >= 0.3 is 5.82 Å². The Labute approximate surface area is 110 Å². The van der Waals surface area contributed by atoms with Gasteiger partial charge in [-0.3, -0.25) is 14.9 Å². The number of aryl methyl sites for hydroxylation is 1. The molecule has 0 saturated heterocycles. The Hall–Kier alpha value is -2.31. The van der Waals surface area contributed by atoms with Crippen molar-refractivity contribution in [2.75, 3.05) is 0 Å². The molecule has 102 valence electrons. The van der Waals surface area contributed by atoms with E-state index in [0.29, 0.717) is 18.4 Å². The zero-order valence-corrected chi connectivity index (χ0v) is 10.8. The second-order valence-electron chi connectivity index (χ2n) is 3.94. The lowest BCUT2D eigenvalue weighted by molar-refractivity contribution is -0.389. The van der Waals surface area contributed by atoms with Crippen LogP contribution in [0.3, 0.4) is 0 Å². The van der Waals surface area contributed by atoms with Crippen LogP contribution in [-0.4, -0.2) is 21.7 Å². The summed E-state index contributed by atoms with van der Waals surface area (Å²) >= 11 is 0. The van der Waals surface area contributed by atoms with Crippen LogP contribution in [0.4, 0.5) is 5.82 Å². The van der Waals surface area contributed by atoms with E-state index in [-0.39, 0.29) is 23.7 Å². The molecule has 2 amide bonds. The Morgan fingerprint density at radius 1 is 1.42 bits per heavy atom. The van der Waals surface area contributed by atoms with Crippen LogP contribution >= 0.6 is 0 Å². The quantitative estimate of drug-likeness (QED) is 0.643. The van der Waals surface area contributed by atoms with E-state index in [9.17, 15) is 19.7 Å². The lowest BCUT2D eigenvalue weighted by Crippen LogP contribution is -2.31. The summed E-state index contributed by atoms with van der Waals surface area (Å²) in [6.45, 7) is 3.60. The third kappa shape index (κ3) is 3.84. The Balaban J connectivity index is 2.97. The number of imide groups is 1. The van der Waals surface area contributed by atoms with Crippen LogP contribution < -0.4 is 5.32 Å². The highest BCUT2D eigenvalue weighted by Crippen LogP contribution is 2.15. The first-order valence-corrected chi connectivity index (χ1v) is 5.97. The molecule has 0 fully saturated rings. The SMILES string of the molecule is CCCC(=O)NC(=O)c1cnc([N+](=O)[O-])cc1CC. The van der Waals surface area contributed by atoms with Gasteiger partial charge in [-0.2, -0.15) is 0 Å². The molecular formula is C12H15N3O4. The first-order valence-electron chi connectivity index (χ1n) is 5.97. The van der Waals surface area contributed by atoms with Crippen molar-refractivity contribution in [2.45, 2.75) is 33.1 Å². The summed E-state index contributed by atoms with van der Waals surface area (Å²) in [5.74, 6) is -1.25. The van der Waals surface area contributed by atoms with Gasteiger partial charge < -0.3 is 10.1 Å². The summed E-state index contributed by atoms with van der Waals surface area (Å²) in [7, 11) is 0. The molecule has 1 N–H and O–H groups in total. The number of carbonyl (C=O) groups excluding carboxylic acids is 2. The van der Waals surface area contributed by atoms with E-state index in [1.54, 1.807) is 6.92 Å². The molecular weight excluding hydrogens is 250 g/mol. The average Bonchev–Trinajstić information content (AvgIpc) is 2.37. The van der Waals surface area contributed by atoms with E-state index in [1.165, 1.54) is 6.07 Å². The maximum Gasteiger partial charge on any atom is 0.363 e. The minimum atomic E-state index is -0.622. The number of hydrogen-bond acceptors (Lipinski definition) is 5. The zero-order valence-electron chi connectivity index (χ0n) is 10.8. The van der Waals surface area contributed by atoms with Gasteiger partial charge in [-0.15, -0.1) is 0 Å². The van der Waals surface area contributed by atoms with Crippen molar-refractivity contribution in [3.05, 3.63) is 33.5 Å². The highest BCUT2D eigenvalue weighted by atomic mass is 16.6. The van der Waals surface area contributed by atoms with Crippen molar-refractivity contribution in [1.29, 1.82) is 0 Å². The smallest absolute Gasteiger partial charge is 0.358 e. The number of aromatic nitrogens is 1. The molecule has 0 bridgehead atoms. The van der Waals surface area contributed by atoms with E-state index in [0.717, 1.165) is 6.20 Å². The largest absolute Gasteiger partial charge is 0.363 e. The van der Waals surface area contributed by atoms with Gasteiger partial charge in [0.2, 0.25) is 5.91 Å². The van der Waals surface area contributed by atoms with Crippen LogP contribution in [0.5, 0.6) is 0 Å². The summed E-state index contributed by atoms with van der Waals surface area (Å²) in [5.41, 5.74) is 0.682. The van der Waals surface area contributed by atoms with Gasteiger partial charge in [0, 0.05) is 12.5 Å². The molecule has 7 nitrogen and oxygen atoms in total. The summed E-state index contributed by atoms with van der Waals surface area (Å²) < 4.78 is 0. The normalized spacial score (nSPS) is 10.0. The molecule has 19 heavy (non-hydrogen) atoms. The molecule has 0 radical (unpaired) electrons. The van der Waals surface area contributed by atoms with E-state index < -0.39 is 10.8 Å². The van der Waals surface area contributed by atoms with Crippen LogP contribution in [0.1, 0.15) is 42.6 Å². The number of amides is 2. The van der Waals surface area contributed by atoms with Gasteiger partial charge in [0.05, 0.1) is 5.56 Å². The van der Waals surface area contributed by atoms with Crippen LogP contribution in [0.2, 0.25) is 0 Å². The molecule has 0 aliphatic carbocycles. The number of hydrogen-bond donors (Lipinski definition) is 1. The maximum atomic E-state index is 11.8. The Morgan fingerprint density at radius 3 is 2.63 bits per heavy atom. The van der Waals surface area contributed by atoms with Crippen LogP contribution in [0, 0.1) is 10.1 Å². The molecule has 1 aromatic heterocycles. The third-order valence-electron chi connectivity index (χ3n) is 2.52. The summed E-state index contributed by atoms with van der Waals surface area (Å²) in [4.78, 5) is 36.8. The van der Waals surface area contributed by atoms with Crippen molar-refractivity contribution in [2.24, 2.45) is 0 Å². The first-order chi connectivity index (χ1) is 8.99. The molecule has 1 rings (SSSR count). The van der Waals surface area contributed by atoms with Gasteiger partial charge in [0.25, 0.3) is 5.91 Å². The van der Waals surface area contributed by atoms with E-state index in [4.69, 9.17) is 0 Å². The fourth-order valence-corrected chi connectivity index (χ4v) is 1.56. The molecule has 1 heterocycles. The number of rotatable bonds is 5. The van der Waals surface area contributed by atoms with E-state index >= 15 is 0 Å². The molecule has 0 aliphatic heterocycles. The van der Waals surface area contributed by atoms with Gasteiger partial charge in [0.15, 0.2) is 6.20 Å². The molecule has 0 aromatic carbocycles. The molecule has 0 spiro atoms. The standard InChI is InChI=1S/C12H15N3O4/c1-3-5-11(16)14-12(17)9-7-13-10(15(18)19)6-8(9)4-2/h6-7H,3-5H2,1-2H3,(H,14,16,17). The van der Waals surface area contributed by atoms with Crippen LogP contribution in [-0.2, 0) is 11.2 Å². The predicted molar refractivity (Wildman–Crippen MR) is 67.7 cm³/mol. The van der Waals surface area contributed by atoms with E-state index in [2.05, 4.69) is 10.3 Å². The number of carbonyl (C=O) groups is 2. The van der Waals surface area contributed by atoms with Crippen molar-refractivity contribution in [3.63, 3.8) is 0 Å². The summed E-state index contributed by atoms with van der Waals surface area (Å²) in [6, 6.07) is 1.25. The van der Waals surface area contributed by atoms with Crippen molar-refractivity contribution in [1.82, 2.24) is 10.3 Å².